The quantitative estimate of drug-likeness (QED) is 0.854. The molecule has 6 nitrogen and oxygen atoms in total. The Kier molecular flexibility index (Phi) is 3.80. The number of rotatable bonds is 5. The lowest BCUT2D eigenvalue weighted by Crippen LogP contribution is -2.31. The number of nitrogens with zero attached hydrogens (tertiary/aromatic N) is 2. The van der Waals surface area contributed by atoms with Crippen LogP contribution in [0.15, 0.2) is 0 Å². The molecule has 0 spiro atoms. The fraction of sp³-hybridized carbons (Fsp3) is 0.692. The number of amides is 1. The molecule has 20 heavy (non-hydrogen) atoms. The molecule has 1 aliphatic heterocycles. The highest BCUT2D eigenvalue weighted by atomic mass is 32.1. The summed E-state index contributed by atoms with van der Waals surface area (Å²) < 4.78 is 9.77. The molecule has 2 heterocycles. The summed E-state index contributed by atoms with van der Waals surface area (Å²) in [5, 5.41) is 3.81. The van der Waals surface area contributed by atoms with E-state index in [4.69, 9.17) is 10.5 Å². The summed E-state index contributed by atoms with van der Waals surface area (Å²) in [7, 11) is 1.96. The summed E-state index contributed by atoms with van der Waals surface area (Å²) in [6, 6.07) is 0.318. The number of likely N-dealkylation sites (N-methyl/N-ethyl adjacent to an activating group) is 1. The van der Waals surface area contributed by atoms with E-state index in [2.05, 4.69) is 9.69 Å². The third-order valence-corrected chi connectivity index (χ3v) is 4.66. The van der Waals surface area contributed by atoms with Crippen LogP contribution in [0.4, 0.5) is 10.8 Å². The van der Waals surface area contributed by atoms with E-state index in [9.17, 15) is 4.79 Å². The maximum Gasteiger partial charge on any atom is 0.258 e. The highest BCUT2D eigenvalue weighted by Gasteiger charge is 2.29. The van der Waals surface area contributed by atoms with Crippen molar-refractivity contribution in [1.82, 2.24) is 9.69 Å². The topological polar surface area (TPSA) is 80.5 Å². The normalized spacial score (nSPS) is 21.9. The van der Waals surface area contributed by atoms with E-state index in [1.165, 1.54) is 11.5 Å². The number of carbonyl (C=O) groups excluding carboxylic acids is 1. The Morgan fingerprint density at radius 2 is 2.35 bits per heavy atom. The second kappa shape index (κ2) is 5.57. The standard InChI is InChI=1S/C13H20N4O2S/c1-17(7-9-3-2-6-19-9)13-10(11(14)16-20-13)12(18)15-8-4-5-8/h8-9H,2-7H2,1H3,(H2,14,16)(H,15,18). The molecule has 0 bridgehead atoms. The van der Waals surface area contributed by atoms with Gasteiger partial charge in [-0.15, -0.1) is 0 Å². The third-order valence-electron chi connectivity index (χ3n) is 3.69. The van der Waals surface area contributed by atoms with Gasteiger partial charge < -0.3 is 20.7 Å². The average Bonchev–Trinajstić information content (AvgIpc) is 2.91. The van der Waals surface area contributed by atoms with Crippen LogP contribution in [0, 0.1) is 0 Å². The molecule has 110 valence electrons. The fourth-order valence-electron chi connectivity index (χ4n) is 2.43. The maximum absolute atomic E-state index is 12.3. The molecule has 1 saturated heterocycles. The molecule has 2 aliphatic rings. The van der Waals surface area contributed by atoms with E-state index >= 15 is 0 Å². The van der Waals surface area contributed by atoms with Crippen molar-refractivity contribution < 1.29 is 9.53 Å². The molecule has 2 fully saturated rings. The summed E-state index contributed by atoms with van der Waals surface area (Å²) in [6.07, 6.45) is 4.54. The lowest BCUT2D eigenvalue weighted by molar-refractivity contribution is 0.0951. The van der Waals surface area contributed by atoms with Crippen molar-refractivity contribution in [2.24, 2.45) is 0 Å². The molecular formula is C13H20N4O2S. The van der Waals surface area contributed by atoms with Crippen LogP contribution in [-0.2, 0) is 4.74 Å². The van der Waals surface area contributed by atoms with Crippen molar-refractivity contribution in [3.8, 4) is 0 Å². The number of carbonyl (C=O) groups is 1. The number of hydrogen-bond acceptors (Lipinski definition) is 6. The monoisotopic (exact) mass is 296 g/mol. The van der Waals surface area contributed by atoms with Crippen LogP contribution < -0.4 is 16.0 Å². The Balaban J connectivity index is 1.72. The Morgan fingerprint density at radius 3 is 3.00 bits per heavy atom. The van der Waals surface area contributed by atoms with Gasteiger partial charge in [-0.2, -0.15) is 4.37 Å². The Morgan fingerprint density at radius 1 is 1.55 bits per heavy atom. The first-order valence-corrected chi connectivity index (χ1v) is 7.81. The van der Waals surface area contributed by atoms with Crippen molar-refractivity contribution in [3.63, 3.8) is 0 Å². The molecule has 0 aromatic carbocycles. The molecule has 1 saturated carbocycles. The van der Waals surface area contributed by atoms with Crippen molar-refractivity contribution in [2.75, 3.05) is 30.8 Å². The lowest BCUT2D eigenvalue weighted by Gasteiger charge is -2.21. The molecule has 1 aromatic rings. The second-order valence-corrected chi connectivity index (χ2v) is 6.26. The Hall–Kier alpha value is -1.34. The van der Waals surface area contributed by atoms with Crippen LogP contribution in [0.2, 0.25) is 0 Å². The van der Waals surface area contributed by atoms with E-state index in [-0.39, 0.29) is 12.0 Å². The summed E-state index contributed by atoms with van der Waals surface area (Å²) in [6.45, 7) is 1.60. The summed E-state index contributed by atoms with van der Waals surface area (Å²) in [4.78, 5) is 14.3. The fourth-order valence-corrected chi connectivity index (χ4v) is 3.21. The molecule has 7 heteroatoms. The van der Waals surface area contributed by atoms with Crippen LogP contribution in [0.25, 0.3) is 0 Å². The number of hydrogen-bond donors (Lipinski definition) is 2. The zero-order valence-corrected chi connectivity index (χ0v) is 12.4. The number of nitrogens with two attached hydrogens (primary N) is 1. The first-order chi connectivity index (χ1) is 9.65. The van der Waals surface area contributed by atoms with E-state index in [1.54, 1.807) is 0 Å². The van der Waals surface area contributed by atoms with Crippen LogP contribution in [0.5, 0.6) is 0 Å². The number of ether oxygens (including phenoxy) is 1. The Bertz CT molecular complexity index is 495. The predicted molar refractivity (Wildman–Crippen MR) is 79.3 cm³/mol. The van der Waals surface area contributed by atoms with E-state index in [0.717, 1.165) is 43.8 Å². The van der Waals surface area contributed by atoms with Gasteiger partial charge in [-0.3, -0.25) is 4.79 Å². The minimum absolute atomic E-state index is 0.104. The highest BCUT2D eigenvalue weighted by molar-refractivity contribution is 7.11. The van der Waals surface area contributed by atoms with Gasteiger partial charge in [0.1, 0.15) is 10.6 Å². The minimum Gasteiger partial charge on any atom is -0.382 e. The Labute approximate surface area is 122 Å². The predicted octanol–water partition coefficient (Wildman–Crippen LogP) is 1.23. The van der Waals surface area contributed by atoms with Gasteiger partial charge in [0.2, 0.25) is 0 Å². The van der Waals surface area contributed by atoms with E-state index < -0.39 is 0 Å². The molecule has 1 aliphatic carbocycles. The molecule has 1 unspecified atom stereocenters. The van der Waals surface area contributed by atoms with Gasteiger partial charge in [-0.1, -0.05) is 0 Å². The van der Waals surface area contributed by atoms with Gasteiger partial charge in [0, 0.05) is 26.2 Å². The van der Waals surface area contributed by atoms with Crippen molar-refractivity contribution >= 4 is 28.3 Å². The van der Waals surface area contributed by atoms with Crippen LogP contribution in [-0.4, -0.2) is 42.6 Å². The van der Waals surface area contributed by atoms with Gasteiger partial charge in [-0.05, 0) is 37.2 Å². The molecule has 3 N–H and O–H groups in total. The SMILES string of the molecule is CN(CC1CCCO1)c1snc(N)c1C(=O)NC1CC1. The van der Waals surface area contributed by atoms with Crippen molar-refractivity contribution in [3.05, 3.63) is 5.56 Å². The summed E-state index contributed by atoms with van der Waals surface area (Å²) >= 11 is 1.28. The first-order valence-electron chi connectivity index (χ1n) is 7.04. The number of anilines is 2. The lowest BCUT2D eigenvalue weighted by atomic mass is 10.2. The number of nitrogen functional groups attached to an aromatic ring is 1. The molecule has 3 rings (SSSR count). The highest BCUT2D eigenvalue weighted by Crippen LogP contribution is 2.31. The summed E-state index contributed by atoms with van der Waals surface area (Å²) in [5.74, 6) is 0.218. The molecule has 1 atom stereocenters. The van der Waals surface area contributed by atoms with Crippen molar-refractivity contribution in [2.45, 2.75) is 37.8 Å². The average molecular weight is 296 g/mol. The zero-order chi connectivity index (χ0) is 14.1. The molecular weight excluding hydrogens is 276 g/mol. The van der Waals surface area contributed by atoms with Gasteiger partial charge in [-0.25, -0.2) is 0 Å². The van der Waals surface area contributed by atoms with Gasteiger partial charge in [0.05, 0.1) is 6.10 Å². The van der Waals surface area contributed by atoms with Crippen molar-refractivity contribution in [1.29, 1.82) is 0 Å². The largest absolute Gasteiger partial charge is 0.382 e. The van der Waals surface area contributed by atoms with Gasteiger partial charge >= 0.3 is 0 Å². The zero-order valence-electron chi connectivity index (χ0n) is 11.6. The smallest absolute Gasteiger partial charge is 0.258 e. The number of aromatic nitrogens is 1. The maximum atomic E-state index is 12.3. The van der Waals surface area contributed by atoms with Crippen LogP contribution in [0.1, 0.15) is 36.0 Å². The van der Waals surface area contributed by atoms with Crippen LogP contribution >= 0.6 is 11.5 Å². The summed E-state index contributed by atoms with van der Waals surface area (Å²) in [5.41, 5.74) is 6.38. The third kappa shape index (κ3) is 2.88. The van der Waals surface area contributed by atoms with E-state index in [0.29, 0.717) is 17.4 Å². The second-order valence-electron chi connectivity index (χ2n) is 5.51. The number of nitrogens with one attached hydrogen (secondary N) is 1. The van der Waals surface area contributed by atoms with Crippen LogP contribution in [0.3, 0.4) is 0 Å². The molecule has 1 amide bonds. The van der Waals surface area contributed by atoms with Gasteiger partial charge in [0.25, 0.3) is 5.91 Å². The van der Waals surface area contributed by atoms with Gasteiger partial charge in [0.15, 0.2) is 5.82 Å². The van der Waals surface area contributed by atoms with E-state index in [1.807, 2.05) is 11.9 Å². The molecule has 1 aromatic heterocycles. The minimum atomic E-state index is -0.104. The first kappa shape index (κ1) is 13.6. The molecule has 0 radical (unpaired) electrons.